The van der Waals surface area contributed by atoms with E-state index in [1.54, 1.807) is 6.08 Å². The molecule has 2 rings (SSSR count). The van der Waals surface area contributed by atoms with Gasteiger partial charge in [-0.15, -0.1) is 0 Å². The summed E-state index contributed by atoms with van der Waals surface area (Å²) in [6.07, 6.45) is 28.9. The normalized spacial score (nSPS) is 26.4. The summed E-state index contributed by atoms with van der Waals surface area (Å²) in [4.78, 5) is 13.0. The highest BCUT2D eigenvalue weighted by molar-refractivity contribution is 5.76. The van der Waals surface area contributed by atoms with Gasteiger partial charge in [0.1, 0.15) is 48.8 Å². The molecular formula is C54H103NO13. The van der Waals surface area contributed by atoms with Crippen LogP contribution in [-0.4, -0.2) is 140 Å². The lowest BCUT2D eigenvalue weighted by molar-refractivity contribution is -0.359. The van der Waals surface area contributed by atoms with Gasteiger partial charge >= 0.3 is 0 Å². The van der Waals surface area contributed by atoms with Crippen LogP contribution in [0.3, 0.4) is 0 Å². The number of rotatable bonds is 44. The van der Waals surface area contributed by atoms with Crippen LogP contribution in [0, 0.1) is 0 Å². The number of aliphatic hydroxyl groups is 8. The van der Waals surface area contributed by atoms with Gasteiger partial charge in [0.15, 0.2) is 12.6 Å². The van der Waals surface area contributed by atoms with E-state index in [4.69, 9.17) is 18.9 Å². The monoisotopic (exact) mass is 974 g/mol. The molecule has 0 aromatic heterocycles. The van der Waals surface area contributed by atoms with E-state index < -0.39 is 86.8 Å². The molecule has 14 heteroatoms. The van der Waals surface area contributed by atoms with E-state index in [9.17, 15) is 45.6 Å². The van der Waals surface area contributed by atoms with Crippen molar-refractivity contribution in [1.82, 2.24) is 5.32 Å². The number of amides is 1. The molecule has 2 aliphatic heterocycles. The number of aliphatic hydroxyl groups excluding tert-OH is 8. The van der Waals surface area contributed by atoms with Crippen LogP contribution in [0.25, 0.3) is 0 Å². The van der Waals surface area contributed by atoms with Gasteiger partial charge in [-0.1, -0.05) is 219 Å². The molecule has 68 heavy (non-hydrogen) atoms. The second kappa shape index (κ2) is 41.2. The first-order chi connectivity index (χ1) is 33.1. The summed E-state index contributed by atoms with van der Waals surface area (Å²) in [5.74, 6) is -0.247. The van der Waals surface area contributed by atoms with Crippen molar-refractivity contribution in [3.63, 3.8) is 0 Å². The molecule has 0 aromatic rings. The summed E-state index contributed by atoms with van der Waals surface area (Å²) < 4.78 is 22.6. The molecule has 12 unspecified atom stereocenters. The van der Waals surface area contributed by atoms with Crippen molar-refractivity contribution in [2.24, 2.45) is 0 Å². The highest BCUT2D eigenvalue weighted by Crippen LogP contribution is 2.30. The Kier molecular flexibility index (Phi) is 38.1. The average Bonchev–Trinajstić information content (AvgIpc) is 3.34. The molecule has 2 heterocycles. The van der Waals surface area contributed by atoms with Crippen molar-refractivity contribution in [1.29, 1.82) is 0 Å². The number of nitrogens with one attached hydrogen (secondary N) is 1. The van der Waals surface area contributed by atoms with Crippen LogP contribution in [0.2, 0.25) is 0 Å². The molecular weight excluding hydrogens is 871 g/mol. The molecule has 2 saturated heterocycles. The molecule has 14 nitrogen and oxygen atoms in total. The zero-order valence-corrected chi connectivity index (χ0v) is 42.9. The Bertz CT molecular complexity index is 1200. The SMILES string of the molecule is CCCCCCCCCCCCCCCCCCCCCCCCCCCC/C=C/C(O)C(COC1OC(CO)C(OC2OC(CO)C(O)C(O)C2O)C(O)C1O)NC(=O)CCCCCCCC. The van der Waals surface area contributed by atoms with Crippen molar-refractivity contribution in [3.05, 3.63) is 12.2 Å². The van der Waals surface area contributed by atoms with Crippen molar-refractivity contribution < 1.29 is 64.6 Å². The van der Waals surface area contributed by atoms with E-state index in [0.29, 0.717) is 6.42 Å². The number of carbonyl (C=O) groups is 1. The predicted octanol–water partition coefficient (Wildman–Crippen LogP) is 8.33. The number of unbranched alkanes of at least 4 members (excludes halogenated alkanes) is 31. The summed E-state index contributed by atoms with van der Waals surface area (Å²) in [6.45, 7) is 2.73. The Hall–Kier alpha value is -1.27. The third-order valence-corrected chi connectivity index (χ3v) is 14.0. The maximum absolute atomic E-state index is 13.0. The molecule has 0 saturated carbocycles. The van der Waals surface area contributed by atoms with Gasteiger partial charge in [0.2, 0.25) is 5.91 Å². The minimum atomic E-state index is -1.78. The second-order valence-corrected chi connectivity index (χ2v) is 20.1. The quantitative estimate of drug-likeness (QED) is 0.0207. The lowest BCUT2D eigenvalue weighted by Crippen LogP contribution is -2.65. The van der Waals surface area contributed by atoms with Crippen LogP contribution in [0.15, 0.2) is 12.2 Å². The first-order valence-corrected chi connectivity index (χ1v) is 27.9. The van der Waals surface area contributed by atoms with Crippen molar-refractivity contribution in [2.75, 3.05) is 19.8 Å². The van der Waals surface area contributed by atoms with E-state index in [1.165, 1.54) is 154 Å². The highest BCUT2D eigenvalue weighted by Gasteiger charge is 2.51. The van der Waals surface area contributed by atoms with Gasteiger partial charge < -0.3 is 65.1 Å². The first kappa shape index (κ1) is 62.8. The summed E-state index contributed by atoms with van der Waals surface area (Å²) in [7, 11) is 0. The molecule has 9 N–H and O–H groups in total. The third kappa shape index (κ3) is 27.5. The van der Waals surface area contributed by atoms with E-state index in [0.717, 1.165) is 51.4 Å². The first-order valence-electron chi connectivity index (χ1n) is 27.9. The lowest BCUT2D eigenvalue weighted by atomic mass is 9.97. The Morgan fingerprint density at radius 2 is 0.912 bits per heavy atom. The maximum atomic E-state index is 13.0. The van der Waals surface area contributed by atoms with Crippen LogP contribution in [0.1, 0.15) is 232 Å². The van der Waals surface area contributed by atoms with Crippen molar-refractivity contribution in [2.45, 2.75) is 306 Å². The van der Waals surface area contributed by atoms with Crippen LogP contribution < -0.4 is 5.32 Å². The zero-order chi connectivity index (χ0) is 49.6. The van der Waals surface area contributed by atoms with E-state index >= 15 is 0 Å². The number of carbonyl (C=O) groups excluding carboxylic acids is 1. The number of hydrogen-bond acceptors (Lipinski definition) is 13. The molecule has 2 aliphatic rings. The lowest BCUT2D eigenvalue weighted by Gasteiger charge is -2.46. The molecule has 1 amide bonds. The average molecular weight is 974 g/mol. The molecule has 0 aromatic carbocycles. The molecule has 12 atom stereocenters. The van der Waals surface area contributed by atoms with E-state index in [1.807, 2.05) is 6.08 Å². The highest BCUT2D eigenvalue weighted by atomic mass is 16.7. The van der Waals surface area contributed by atoms with Crippen molar-refractivity contribution >= 4 is 5.91 Å². The van der Waals surface area contributed by atoms with Gasteiger partial charge in [0.25, 0.3) is 0 Å². The van der Waals surface area contributed by atoms with Crippen molar-refractivity contribution in [3.8, 4) is 0 Å². The van der Waals surface area contributed by atoms with Gasteiger partial charge in [0, 0.05) is 6.42 Å². The standard InChI is InChI=1S/C54H103NO13/c1-3-5-7-9-11-12-13-14-15-16-17-18-19-20-21-22-23-24-25-26-27-28-29-30-31-32-33-35-37-43(58)42(55-46(59)38-36-34-10-8-6-4-2)41-65-53-51(64)49(62)52(45(40-57)67-53)68-54-50(63)48(61)47(60)44(39-56)66-54/h35,37,42-45,47-54,56-58,60-64H,3-34,36,38-41H2,1-2H3,(H,55,59)/b37-35+. The van der Waals surface area contributed by atoms with Crippen LogP contribution in [0.4, 0.5) is 0 Å². The summed E-state index contributed by atoms with van der Waals surface area (Å²) in [5.41, 5.74) is 0. The number of ether oxygens (including phenoxy) is 4. The smallest absolute Gasteiger partial charge is 0.220 e. The van der Waals surface area contributed by atoms with Crippen LogP contribution >= 0.6 is 0 Å². The number of allylic oxidation sites excluding steroid dienone is 1. The summed E-state index contributed by atoms with van der Waals surface area (Å²) in [6, 6.07) is -0.906. The molecule has 0 spiro atoms. The molecule has 2 fully saturated rings. The zero-order valence-electron chi connectivity index (χ0n) is 42.9. The summed E-state index contributed by atoms with van der Waals surface area (Å²) >= 11 is 0. The Morgan fingerprint density at radius 3 is 1.35 bits per heavy atom. The van der Waals surface area contributed by atoms with Crippen LogP contribution in [0.5, 0.6) is 0 Å². The van der Waals surface area contributed by atoms with Gasteiger partial charge in [0.05, 0.1) is 32.0 Å². The third-order valence-electron chi connectivity index (χ3n) is 14.0. The topological polar surface area (TPSA) is 228 Å². The van der Waals surface area contributed by atoms with Gasteiger partial charge in [-0.2, -0.15) is 0 Å². The van der Waals surface area contributed by atoms with E-state index in [-0.39, 0.29) is 18.9 Å². The second-order valence-electron chi connectivity index (χ2n) is 20.1. The largest absolute Gasteiger partial charge is 0.394 e. The van der Waals surface area contributed by atoms with Gasteiger partial charge in [-0.25, -0.2) is 0 Å². The molecule has 0 radical (unpaired) electrons. The Labute approximate surface area is 412 Å². The van der Waals surface area contributed by atoms with Gasteiger partial charge in [-0.3, -0.25) is 4.79 Å². The minimum Gasteiger partial charge on any atom is -0.394 e. The number of hydrogen-bond donors (Lipinski definition) is 9. The fourth-order valence-electron chi connectivity index (χ4n) is 9.41. The Balaban J connectivity index is 1.65. The molecule has 0 aliphatic carbocycles. The Morgan fingerprint density at radius 1 is 0.515 bits per heavy atom. The summed E-state index contributed by atoms with van der Waals surface area (Å²) in [5, 5.41) is 86.5. The van der Waals surface area contributed by atoms with Gasteiger partial charge in [-0.05, 0) is 19.3 Å². The van der Waals surface area contributed by atoms with Crippen LogP contribution in [-0.2, 0) is 23.7 Å². The fraction of sp³-hybridized carbons (Fsp3) is 0.944. The minimum absolute atomic E-state index is 0.247. The predicted molar refractivity (Wildman–Crippen MR) is 268 cm³/mol. The fourth-order valence-corrected chi connectivity index (χ4v) is 9.41. The molecule has 402 valence electrons. The molecule has 0 bridgehead atoms. The van der Waals surface area contributed by atoms with E-state index in [2.05, 4.69) is 19.2 Å². The maximum Gasteiger partial charge on any atom is 0.220 e.